The van der Waals surface area contributed by atoms with Gasteiger partial charge in [-0.3, -0.25) is 19.4 Å². The van der Waals surface area contributed by atoms with E-state index in [2.05, 4.69) is 33.2 Å². The van der Waals surface area contributed by atoms with Crippen molar-refractivity contribution in [3.63, 3.8) is 0 Å². The van der Waals surface area contributed by atoms with Crippen molar-refractivity contribution in [3.8, 4) is 0 Å². The van der Waals surface area contributed by atoms with Gasteiger partial charge >= 0.3 is 0 Å². The number of nitrogens with zero attached hydrogens (tertiary/aromatic N) is 5. The molecule has 3 aliphatic rings. The molecule has 6 nitrogen and oxygen atoms in total. The number of aromatic nitrogens is 3. The van der Waals surface area contributed by atoms with Crippen molar-refractivity contribution < 1.29 is 4.79 Å². The minimum absolute atomic E-state index is 0.316. The average molecular weight is 500 g/mol. The topological polar surface area (TPSA) is 63.4 Å². The van der Waals surface area contributed by atoms with Crippen LogP contribution in [-0.2, 0) is 25.9 Å². The molecule has 0 radical (unpaired) electrons. The number of aliphatic imine (C=N–C) groups is 1. The first-order valence-electron chi connectivity index (χ1n) is 14.3. The van der Waals surface area contributed by atoms with Crippen LogP contribution in [0.5, 0.6) is 0 Å². The molecule has 37 heavy (non-hydrogen) atoms. The number of carbonyl (C=O) groups is 1. The van der Waals surface area contributed by atoms with Crippen LogP contribution >= 0.6 is 0 Å². The van der Waals surface area contributed by atoms with Crippen LogP contribution in [0.3, 0.4) is 0 Å². The third-order valence-electron chi connectivity index (χ3n) is 8.36. The average Bonchev–Trinajstić information content (AvgIpc) is 3.70. The molecule has 0 unspecified atom stereocenters. The number of fused-ring (bicyclic) bond motifs is 2. The minimum atomic E-state index is -0.316. The van der Waals surface area contributed by atoms with Gasteiger partial charge in [-0.15, -0.1) is 0 Å². The van der Waals surface area contributed by atoms with Crippen LogP contribution in [-0.4, -0.2) is 45.4 Å². The SMILES string of the molecule is C=NC(=O)c1cccc2ncccc12.CCc1c2c(nn1CC1CC1)CCN(CCC1CCCCC1)C2. The predicted molar refractivity (Wildman–Crippen MR) is 150 cm³/mol. The Kier molecular flexibility index (Phi) is 8.45. The molecule has 0 bridgehead atoms. The first kappa shape index (κ1) is 25.8. The summed E-state index contributed by atoms with van der Waals surface area (Å²) in [5, 5.41) is 5.79. The van der Waals surface area contributed by atoms with Gasteiger partial charge in [0.15, 0.2) is 0 Å². The summed E-state index contributed by atoms with van der Waals surface area (Å²) in [7, 11) is 0. The number of benzene rings is 1. The minimum Gasteiger partial charge on any atom is -0.299 e. The van der Waals surface area contributed by atoms with Gasteiger partial charge in [0.05, 0.1) is 16.8 Å². The fourth-order valence-corrected chi connectivity index (χ4v) is 6.04. The molecule has 2 fully saturated rings. The highest BCUT2D eigenvalue weighted by Gasteiger charge is 2.28. The van der Waals surface area contributed by atoms with E-state index >= 15 is 0 Å². The van der Waals surface area contributed by atoms with Crippen LogP contribution in [0, 0.1) is 11.8 Å². The Morgan fingerprint density at radius 3 is 2.68 bits per heavy atom. The Morgan fingerprint density at radius 1 is 1.08 bits per heavy atom. The molecule has 1 amide bonds. The molecule has 196 valence electrons. The van der Waals surface area contributed by atoms with Gasteiger partial charge in [0.2, 0.25) is 0 Å². The van der Waals surface area contributed by atoms with Crippen LogP contribution in [0.4, 0.5) is 0 Å². The Bertz CT molecular complexity index is 1220. The van der Waals surface area contributed by atoms with Gasteiger partial charge in [0, 0.05) is 48.9 Å². The van der Waals surface area contributed by atoms with E-state index in [1.165, 1.54) is 88.8 Å². The fraction of sp³-hybridized carbons (Fsp3) is 0.548. The third-order valence-corrected chi connectivity index (χ3v) is 8.36. The van der Waals surface area contributed by atoms with Gasteiger partial charge < -0.3 is 0 Å². The summed E-state index contributed by atoms with van der Waals surface area (Å²) in [6, 6.07) is 9.01. The van der Waals surface area contributed by atoms with Crippen molar-refractivity contribution in [3.05, 3.63) is 59.0 Å². The summed E-state index contributed by atoms with van der Waals surface area (Å²) < 4.78 is 2.37. The maximum Gasteiger partial charge on any atom is 0.277 e. The van der Waals surface area contributed by atoms with E-state index in [4.69, 9.17) is 5.10 Å². The summed E-state index contributed by atoms with van der Waals surface area (Å²) in [6.07, 6.45) is 15.7. The zero-order valence-electron chi connectivity index (χ0n) is 22.4. The lowest BCUT2D eigenvalue weighted by Crippen LogP contribution is -2.32. The normalized spacial score (nSPS) is 18.2. The lowest BCUT2D eigenvalue weighted by Gasteiger charge is -2.29. The summed E-state index contributed by atoms with van der Waals surface area (Å²) >= 11 is 0. The molecule has 0 spiro atoms. The molecular weight excluding hydrogens is 458 g/mol. The molecule has 6 heteroatoms. The zero-order valence-corrected chi connectivity index (χ0v) is 22.4. The summed E-state index contributed by atoms with van der Waals surface area (Å²) in [5.41, 5.74) is 5.88. The third kappa shape index (κ3) is 6.35. The quantitative estimate of drug-likeness (QED) is 0.360. The second-order valence-electron chi connectivity index (χ2n) is 11.0. The molecule has 1 aliphatic heterocycles. The molecule has 1 aromatic carbocycles. The number of rotatable bonds is 7. The Morgan fingerprint density at radius 2 is 1.92 bits per heavy atom. The van der Waals surface area contributed by atoms with Crippen LogP contribution in [0.2, 0.25) is 0 Å². The molecule has 6 rings (SSSR count). The molecule has 2 aromatic heterocycles. The Hall–Kier alpha value is -2.86. The molecule has 0 saturated heterocycles. The van der Waals surface area contributed by atoms with Gasteiger partial charge in [-0.1, -0.05) is 51.2 Å². The number of hydrogen-bond acceptors (Lipinski definition) is 4. The highest BCUT2D eigenvalue weighted by Crippen LogP contribution is 2.33. The van der Waals surface area contributed by atoms with Crippen LogP contribution in [0.25, 0.3) is 10.9 Å². The van der Waals surface area contributed by atoms with Crippen LogP contribution < -0.4 is 0 Å². The first-order chi connectivity index (χ1) is 18.2. The van der Waals surface area contributed by atoms with Crippen molar-refractivity contribution in [2.24, 2.45) is 16.8 Å². The van der Waals surface area contributed by atoms with Crippen LogP contribution in [0.15, 0.2) is 41.5 Å². The Balaban J connectivity index is 0.000000171. The molecule has 2 saturated carbocycles. The molecule has 3 aromatic rings. The van der Waals surface area contributed by atoms with E-state index in [1.54, 1.807) is 30.0 Å². The molecular formula is C31H41N5O. The molecule has 3 heterocycles. The number of hydrogen-bond donors (Lipinski definition) is 0. The van der Waals surface area contributed by atoms with Gasteiger partial charge in [0.1, 0.15) is 0 Å². The van der Waals surface area contributed by atoms with Crippen molar-refractivity contribution in [2.75, 3.05) is 13.1 Å². The highest BCUT2D eigenvalue weighted by atomic mass is 16.1. The van der Waals surface area contributed by atoms with E-state index in [-0.39, 0.29) is 5.91 Å². The summed E-state index contributed by atoms with van der Waals surface area (Å²) in [5.74, 6) is 1.61. The maximum absolute atomic E-state index is 11.4. The smallest absolute Gasteiger partial charge is 0.277 e. The predicted octanol–water partition coefficient (Wildman–Crippen LogP) is 6.26. The van der Waals surface area contributed by atoms with Crippen molar-refractivity contribution in [1.29, 1.82) is 0 Å². The van der Waals surface area contributed by atoms with Gasteiger partial charge in [-0.05, 0) is 69.0 Å². The second kappa shape index (κ2) is 12.1. The van der Waals surface area contributed by atoms with Gasteiger partial charge in [-0.25, -0.2) is 4.99 Å². The van der Waals surface area contributed by atoms with Crippen LogP contribution in [0.1, 0.15) is 85.6 Å². The molecule has 2 aliphatic carbocycles. The molecule has 0 atom stereocenters. The first-order valence-corrected chi connectivity index (χ1v) is 14.3. The Labute approximate surface area is 221 Å². The van der Waals surface area contributed by atoms with E-state index in [9.17, 15) is 4.79 Å². The number of pyridine rings is 1. The monoisotopic (exact) mass is 499 g/mol. The fourth-order valence-electron chi connectivity index (χ4n) is 6.04. The largest absolute Gasteiger partial charge is 0.299 e. The number of amides is 1. The zero-order chi connectivity index (χ0) is 25.6. The van der Waals surface area contributed by atoms with E-state index in [0.717, 1.165) is 35.7 Å². The highest BCUT2D eigenvalue weighted by molar-refractivity contribution is 6.07. The van der Waals surface area contributed by atoms with E-state index in [0.29, 0.717) is 5.56 Å². The van der Waals surface area contributed by atoms with Gasteiger partial charge in [-0.2, -0.15) is 5.10 Å². The summed E-state index contributed by atoms with van der Waals surface area (Å²) in [6.45, 7) is 10.4. The van der Waals surface area contributed by atoms with Crippen molar-refractivity contribution in [2.45, 2.75) is 84.2 Å². The number of carbonyl (C=O) groups excluding carboxylic acids is 1. The lowest BCUT2D eigenvalue weighted by atomic mass is 9.87. The van der Waals surface area contributed by atoms with Crippen molar-refractivity contribution >= 4 is 23.5 Å². The maximum atomic E-state index is 11.4. The summed E-state index contributed by atoms with van der Waals surface area (Å²) in [4.78, 5) is 21.6. The van der Waals surface area contributed by atoms with Crippen molar-refractivity contribution in [1.82, 2.24) is 19.7 Å². The lowest BCUT2D eigenvalue weighted by molar-refractivity contribution is 0.101. The standard InChI is InChI=1S/C20H33N3.C11H8N2O/c1-2-20-18-15-22(12-10-16-6-4-3-5-7-16)13-11-19(18)21-23(20)14-17-8-9-17;1-12-11(14)9-4-2-6-10-8(9)5-3-7-13-10/h16-17H,2-15H2,1H3;2-7H,1H2. The van der Waals surface area contributed by atoms with E-state index in [1.807, 2.05) is 12.1 Å². The second-order valence-corrected chi connectivity index (χ2v) is 11.0. The van der Waals surface area contributed by atoms with E-state index < -0.39 is 0 Å². The van der Waals surface area contributed by atoms with Gasteiger partial charge in [0.25, 0.3) is 5.91 Å². The molecule has 0 N–H and O–H groups in total.